The van der Waals surface area contributed by atoms with Gasteiger partial charge in [0, 0.05) is 40.3 Å². The van der Waals surface area contributed by atoms with Crippen LogP contribution in [-0.4, -0.2) is 75.3 Å². The molecule has 0 bridgehead atoms. The maximum Gasteiger partial charge on any atom is 0.216 e. The lowest BCUT2D eigenvalue weighted by Gasteiger charge is -2.34. The van der Waals surface area contributed by atoms with Crippen molar-refractivity contribution < 1.29 is 13.2 Å². The summed E-state index contributed by atoms with van der Waals surface area (Å²) in [6.07, 6.45) is -0.158. The molecule has 2 rings (SSSR count). The summed E-state index contributed by atoms with van der Waals surface area (Å²) in [4.78, 5) is 6.24. The third kappa shape index (κ3) is 6.48. The van der Waals surface area contributed by atoms with Crippen LogP contribution in [0.25, 0.3) is 0 Å². The van der Waals surface area contributed by atoms with Crippen LogP contribution in [0.4, 0.5) is 0 Å². The Hall–Kier alpha value is -1.64. The van der Waals surface area contributed by atoms with Crippen molar-refractivity contribution >= 4 is 16.0 Å². The summed E-state index contributed by atoms with van der Waals surface area (Å²) < 4.78 is 32.4. The molecule has 1 aliphatic rings. The average molecular weight is 397 g/mol. The highest BCUT2D eigenvalue weighted by Gasteiger charge is 2.30. The third-order valence-electron chi connectivity index (χ3n) is 4.54. The minimum absolute atomic E-state index is 0.0316. The first-order valence-corrected chi connectivity index (χ1v) is 10.9. The van der Waals surface area contributed by atoms with Crippen LogP contribution >= 0.6 is 0 Å². The molecule has 1 fully saturated rings. The van der Waals surface area contributed by atoms with E-state index in [9.17, 15) is 8.42 Å². The van der Waals surface area contributed by atoms with Crippen LogP contribution in [0.15, 0.2) is 29.3 Å². The number of guanidine groups is 1. The Bertz CT molecular complexity index is 724. The standard InChI is InChI=1S/C19H32N4O3S/c1-15-6-8-18(9-7-15)14-22(5)19(20-4)21-10-11-27(24,25)23-12-16(2)26-17(3)13-23/h6-9,16-17H,10-14H2,1-5H3,(H,20,21). The van der Waals surface area contributed by atoms with E-state index in [1.807, 2.05) is 25.8 Å². The number of sulfonamides is 1. The van der Waals surface area contributed by atoms with E-state index in [1.165, 1.54) is 15.4 Å². The minimum atomic E-state index is -3.33. The first kappa shape index (κ1) is 21.7. The molecule has 1 heterocycles. The summed E-state index contributed by atoms with van der Waals surface area (Å²) in [5.41, 5.74) is 2.40. The monoisotopic (exact) mass is 396 g/mol. The van der Waals surface area contributed by atoms with E-state index in [2.05, 4.69) is 41.5 Å². The lowest BCUT2D eigenvalue weighted by atomic mass is 10.1. The predicted molar refractivity (Wildman–Crippen MR) is 109 cm³/mol. The van der Waals surface area contributed by atoms with Crippen molar-refractivity contribution in [1.82, 2.24) is 14.5 Å². The van der Waals surface area contributed by atoms with Gasteiger partial charge in [0.25, 0.3) is 0 Å². The van der Waals surface area contributed by atoms with Crippen LogP contribution in [-0.2, 0) is 21.3 Å². The Kier molecular flexibility index (Phi) is 7.64. The van der Waals surface area contributed by atoms with Gasteiger partial charge in [-0.15, -0.1) is 0 Å². The van der Waals surface area contributed by atoms with Crippen molar-refractivity contribution in [3.8, 4) is 0 Å². The molecule has 2 atom stereocenters. The molecule has 0 spiro atoms. The molecule has 8 heteroatoms. The van der Waals surface area contributed by atoms with Crippen LogP contribution in [0.1, 0.15) is 25.0 Å². The first-order chi connectivity index (χ1) is 12.7. The van der Waals surface area contributed by atoms with Crippen molar-refractivity contribution in [2.24, 2.45) is 4.99 Å². The quantitative estimate of drug-likeness (QED) is 0.582. The first-order valence-electron chi connectivity index (χ1n) is 9.32. The lowest BCUT2D eigenvalue weighted by molar-refractivity contribution is -0.0440. The fourth-order valence-corrected chi connectivity index (χ4v) is 4.70. The fraction of sp³-hybridized carbons (Fsp3) is 0.632. The molecule has 1 aromatic carbocycles. The highest BCUT2D eigenvalue weighted by atomic mass is 32.2. The van der Waals surface area contributed by atoms with Gasteiger partial charge in [-0.2, -0.15) is 4.31 Å². The zero-order valence-corrected chi connectivity index (χ0v) is 17.8. The van der Waals surface area contributed by atoms with Gasteiger partial charge in [-0.25, -0.2) is 8.42 Å². The van der Waals surface area contributed by atoms with Crippen LogP contribution in [0.5, 0.6) is 0 Å². The number of benzene rings is 1. The molecule has 0 radical (unpaired) electrons. The van der Waals surface area contributed by atoms with Gasteiger partial charge >= 0.3 is 0 Å². The Morgan fingerprint density at radius 1 is 1.26 bits per heavy atom. The second-order valence-corrected chi connectivity index (χ2v) is 9.29. The topological polar surface area (TPSA) is 74.2 Å². The fourth-order valence-electron chi connectivity index (χ4n) is 3.21. The summed E-state index contributed by atoms with van der Waals surface area (Å²) in [5, 5.41) is 3.16. The molecular formula is C19H32N4O3S. The number of hydrogen-bond acceptors (Lipinski definition) is 4. The highest BCUT2D eigenvalue weighted by Crippen LogP contribution is 2.14. The van der Waals surface area contributed by atoms with E-state index >= 15 is 0 Å². The zero-order valence-electron chi connectivity index (χ0n) is 17.0. The largest absolute Gasteiger partial charge is 0.373 e. The summed E-state index contributed by atoms with van der Waals surface area (Å²) in [6.45, 7) is 7.70. The summed E-state index contributed by atoms with van der Waals surface area (Å²) >= 11 is 0. The summed E-state index contributed by atoms with van der Waals surface area (Å²) in [6, 6.07) is 8.33. The summed E-state index contributed by atoms with van der Waals surface area (Å²) in [7, 11) is 0.317. The molecule has 2 unspecified atom stereocenters. The van der Waals surface area contributed by atoms with Crippen molar-refractivity contribution in [3.05, 3.63) is 35.4 Å². The molecule has 27 heavy (non-hydrogen) atoms. The minimum Gasteiger partial charge on any atom is -0.373 e. The van der Waals surface area contributed by atoms with Gasteiger partial charge in [0.15, 0.2) is 5.96 Å². The van der Waals surface area contributed by atoms with Crippen LogP contribution in [0.3, 0.4) is 0 Å². The molecule has 0 aliphatic carbocycles. The van der Waals surface area contributed by atoms with E-state index in [-0.39, 0.29) is 18.0 Å². The summed E-state index contributed by atoms with van der Waals surface area (Å²) in [5.74, 6) is 0.707. The third-order valence-corrected chi connectivity index (χ3v) is 6.34. The smallest absolute Gasteiger partial charge is 0.216 e. The van der Waals surface area contributed by atoms with E-state index in [1.54, 1.807) is 7.05 Å². The molecule has 1 N–H and O–H groups in total. The molecule has 1 saturated heterocycles. The van der Waals surface area contributed by atoms with Gasteiger partial charge in [0.1, 0.15) is 0 Å². The number of aliphatic imine (C=N–C) groups is 1. The number of aryl methyl sites for hydroxylation is 1. The second-order valence-electron chi connectivity index (χ2n) is 7.21. The zero-order chi connectivity index (χ0) is 20.0. The van der Waals surface area contributed by atoms with Crippen LogP contribution < -0.4 is 5.32 Å². The number of nitrogens with one attached hydrogen (secondary N) is 1. The van der Waals surface area contributed by atoms with Gasteiger partial charge in [0.2, 0.25) is 10.0 Å². The van der Waals surface area contributed by atoms with E-state index in [0.717, 1.165) is 0 Å². The maximum absolute atomic E-state index is 12.6. The van der Waals surface area contributed by atoms with Crippen LogP contribution in [0, 0.1) is 6.92 Å². The Morgan fingerprint density at radius 2 is 1.85 bits per heavy atom. The number of rotatable bonds is 6. The molecule has 0 amide bonds. The SMILES string of the molecule is CN=C(NCCS(=O)(=O)N1CC(C)OC(C)C1)N(C)Cc1ccc(C)cc1. The maximum atomic E-state index is 12.6. The second kappa shape index (κ2) is 9.52. The number of ether oxygens (including phenoxy) is 1. The molecule has 7 nitrogen and oxygen atoms in total. The molecule has 1 aromatic rings. The van der Waals surface area contributed by atoms with Crippen molar-refractivity contribution in [3.63, 3.8) is 0 Å². The van der Waals surface area contributed by atoms with Gasteiger partial charge in [-0.3, -0.25) is 4.99 Å². The van der Waals surface area contributed by atoms with Gasteiger partial charge in [0.05, 0.1) is 18.0 Å². The highest BCUT2D eigenvalue weighted by molar-refractivity contribution is 7.89. The van der Waals surface area contributed by atoms with E-state index in [0.29, 0.717) is 32.1 Å². The Balaban J connectivity index is 1.87. The van der Waals surface area contributed by atoms with Crippen LogP contribution in [0.2, 0.25) is 0 Å². The molecule has 0 aromatic heterocycles. The molecule has 1 aliphatic heterocycles. The lowest BCUT2D eigenvalue weighted by Crippen LogP contribution is -2.50. The van der Waals surface area contributed by atoms with Crippen molar-refractivity contribution in [1.29, 1.82) is 0 Å². The van der Waals surface area contributed by atoms with E-state index < -0.39 is 10.0 Å². The number of morpholine rings is 1. The molecule has 0 saturated carbocycles. The Morgan fingerprint density at radius 3 is 2.41 bits per heavy atom. The molecule has 152 valence electrons. The van der Waals surface area contributed by atoms with Gasteiger partial charge in [-0.1, -0.05) is 29.8 Å². The average Bonchev–Trinajstić information content (AvgIpc) is 2.59. The van der Waals surface area contributed by atoms with Crippen molar-refractivity contribution in [2.75, 3.05) is 39.5 Å². The van der Waals surface area contributed by atoms with Crippen molar-refractivity contribution in [2.45, 2.75) is 39.5 Å². The number of nitrogens with zero attached hydrogens (tertiary/aromatic N) is 3. The van der Waals surface area contributed by atoms with E-state index in [4.69, 9.17) is 4.74 Å². The normalized spacial score (nSPS) is 21.9. The van der Waals surface area contributed by atoms with Gasteiger partial charge < -0.3 is 15.0 Å². The Labute approximate surface area is 163 Å². The molecular weight excluding hydrogens is 364 g/mol. The van der Waals surface area contributed by atoms with Gasteiger partial charge in [-0.05, 0) is 26.3 Å². The number of hydrogen-bond donors (Lipinski definition) is 1. The predicted octanol–water partition coefficient (Wildman–Crippen LogP) is 1.44.